The van der Waals surface area contributed by atoms with E-state index < -0.39 is 21.0 Å². The molecule has 0 unspecified atom stereocenters. The molecule has 4 heterocycles. The minimum absolute atomic E-state index is 0.0688. The Morgan fingerprint density at radius 2 is 2.00 bits per heavy atom. The number of sulfonamides is 1. The van der Waals surface area contributed by atoms with Crippen molar-refractivity contribution in [3.8, 4) is 16.9 Å². The summed E-state index contributed by atoms with van der Waals surface area (Å²) in [5.74, 6) is 0.703. The van der Waals surface area contributed by atoms with Gasteiger partial charge in [0.15, 0.2) is 16.0 Å². The maximum atomic E-state index is 13.6. The number of pyridine rings is 1. The first kappa shape index (κ1) is 26.3. The fourth-order valence-electron chi connectivity index (χ4n) is 6.15. The van der Waals surface area contributed by atoms with Crippen molar-refractivity contribution in [3.05, 3.63) is 28.0 Å². The van der Waals surface area contributed by atoms with Gasteiger partial charge in [-0.15, -0.1) is 10.2 Å². The van der Waals surface area contributed by atoms with E-state index in [0.717, 1.165) is 44.1 Å². The molecule has 2 atom stereocenters. The number of aromatic nitrogens is 4. The molecule has 3 saturated carbocycles. The van der Waals surface area contributed by atoms with Crippen LogP contribution in [0.15, 0.2) is 17.2 Å². The van der Waals surface area contributed by atoms with Crippen molar-refractivity contribution in [1.82, 2.24) is 29.2 Å². The molecular weight excluding hydrogens is 570 g/mol. The van der Waals surface area contributed by atoms with Crippen LogP contribution in [-0.2, 0) is 25.6 Å². The molecule has 1 amide bonds. The summed E-state index contributed by atoms with van der Waals surface area (Å²) in [6, 6.07) is 4.12. The van der Waals surface area contributed by atoms with E-state index in [1.165, 1.54) is 11.3 Å². The van der Waals surface area contributed by atoms with Gasteiger partial charge in [-0.25, -0.2) is 18.1 Å². The number of rotatable bonds is 7. The summed E-state index contributed by atoms with van der Waals surface area (Å²) in [5, 5.41) is 19.7. The third kappa shape index (κ3) is 4.00. The standard InChI is InChI=1S/C27H30ClN7O3S2/c1-15(2)23(36)34-9-8-27(11-16(27)12-34)18-10-17(40(37,38)33-25(3)4-5-25)13-35-19(18)20(28)30-21(35)22-31-32-24(39-22)26(14-29)6-7-26/h10,13,15-16,33H,4-9,11-12H2,1-3H3/t16-,27+/m0/s1. The largest absolute Gasteiger partial charge is 0.342 e. The van der Waals surface area contributed by atoms with Crippen LogP contribution in [0.25, 0.3) is 16.3 Å². The monoisotopic (exact) mass is 599 g/mol. The molecule has 1 N–H and O–H groups in total. The van der Waals surface area contributed by atoms with Crippen LogP contribution in [-0.4, -0.2) is 57.4 Å². The van der Waals surface area contributed by atoms with Gasteiger partial charge in [0.05, 0.1) is 16.5 Å². The molecular formula is C27H30ClN7O3S2. The molecule has 1 aliphatic heterocycles. The van der Waals surface area contributed by atoms with Crippen molar-refractivity contribution in [2.75, 3.05) is 13.1 Å². The van der Waals surface area contributed by atoms with Crippen molar-refractivity contribution in [1.29, 1.82) is 5.26 Å². The zero-order chi connectivity index (χ0) is 28.2. The number of carbonyl (C=O) groups excluding carboxylic acids is 1. The number of nitrogens with one attached hydrogen (secondary N) is 1. The summed E-state index contributed by atoms with van der Waals surface area (Å²) >= 11 is 8.12. The summed E-state index contributed by atoms with van der Waals surface area (Å²) in [6.07, 6.45) is 6.24. The molecule has 10 nitrogen and oxygen atoms in total. The molecule has 0 bridgehead atoms. The molecule has 0 radical (unpaired) electrons. The van der Waals surface area contributed by atoms with Gasteiger partial charge in [-0.3, -0.25) is 9.20 Å². The molecule has 0 aromatic carbocycles. The maximum Gasteiger partial charge on any atom is 0.242 e. The average molecular weight is 600 g/mol. The van der Waals surface area contributed by atoms with Crippen LogP contribution in [0, 0.1) is 23.2 Å². The van der Waals surface area contributed by atoms with Gasteiger partial charge in [0, 0.05) is 36.2 Å². The molecule has 13 heteroatoms. The first-order chi connectivity index (χ1) is 18.9. The molecule has 3 aromatic rings. The Morgan fingerprint density at radius 1 is 1.25 bits per heavy atom. The van der Waals surface area contributed by atoms with E-state index >= 15 is 0 Å². The Morgan fingerprint density at radius 3 is 2.62 bits per heavy atom. The smallest absolute Gasteiger partial charge is 0.242 e. The number of imidazole rings is 1. The van der Waals surface area contributed by atoms with Crippen LogP contribution in [0.5, 0.6) is 0 Å². The van der Waals surface area contributed by atoms with Gasteiger partial charge >= 0.3 is 0 Å². The van der Waals surface area contributed by atoms with E-state index in [-0.39, 0.29) is 33.2 Å². The number of amides is 1. The van der Waals surface area contributed by atoms with E-state index in [1.54, 1.807) is 16.7 Å². The third-order valence-electron chi connectivity index (χ3n) is 9.19. The second kappa shape index (κ2) is 8.47. The SMILES string of the molecule is CC(C)C(=O)N1CC[C@@]2(c3cc(S(=O)(=O)NC4(C)CC4)cn4c(-c5nnc(C6(C#N)CC6)s5)nc(Cl)c34)C[C@H]2C1. The van der Waals surface area contributed by atoms with Crippen LogP contribution in [0.1, 0.15) is 69.9 Å². The Kier molecular flexibility index (Phi) is 5.57. The van der Waals surface area contributed by atoms with E-state index in [2.05, 4.69) is 26.0 Å². The van der Waals surface area contributed by atoms with Crippen molar-refractivity contribution >= 4 is 44.4 Å². The highest BCUT2D eigenvalue weighted by molar-refractivity contribution is 7.89. The third-order valence-corrected chi connectivity index (χ3v) is 12.2. The average Bonchev–Trinajstić information content (AvgIpc) is 3.88. The van der Waals surface area contributed by atoms with Crippen LogP contribution in [0.2, 0.25) is 5.15 Å². The number of piperidine rings is 1. The molecule has 4 aliphatic rings. The second-order valence-corrected chi connectivity index (χ2v) is 15.6. The molecule has 210 valence electrons. The number of fused-ring (bicyclic) bond motifs is 2. The number of nitrogens with zero attached hydrogens (tertiary/aromatic N) is 6. The second-order valence-electron chi connectivity index (χ2n) is 12.6. The lowest BCUT2D eigenvalue weighted by Crippen LogP contribution is -2.42. The zero-order valence-corrected chi connectivity index (χ0v) is 25.0. The van der Waals surface area contributed by atoms with E-state index in [0.29, 0.717) is 34.4 Å². The highest BCUT2D eigenvalue weighted by Gasteiger charge is 2.59. The van der Waals surface area contributed by atoms with Gasteiger partial charge in [-0.05, 0) is 63.0 Å². The summed E-state index contributed by atoms with van der Waals surface area (Å²) in [5.41, 5.74) is 0.212. The minimum Gasteiger partial charge on any atom is -0.342 e. The zero-order valence-electron chi connectivity index (χ0n) is 22.6. The lowest BCUT2D eigenvalue weighted by molar-refractivity contribution is -0.135. The predicted molar refractivity (Wildman–Crippen MR) is 149 cm³/mol. The Balaban J connectivity index is 1.36. The number of hydrogen-bond donors (Lipinski definition) is 1. The van der Waals surface area contributed by atoms with E-state index in [9.17, 15) is 18.5 Å². The van der Waals surface area contributed by atoms with Gasteiger partial charge in [0.1, 0.15) is 10.4 Å². The number of carbonyl (C=O) groups is 1. The van der Waals surface area contributed by atoms with Crippen molar-refractivity contribution in [3.63, 3.8) is 0 Å². The highest BCUT2D eigenvalue weighted by Crippen LogP contribution is 2.61. The van der Waals surface area contributed by atoms with Gasteiger partial charge < -0.3 is 4.90 Å². The summed E-state index contributed by atoms with van der Waals surface area (Å²) in [4.78, 5) is 19.5. The molecule has 4 fully saturated rings. The highest BCUT2D eigenvalue weighted by atomic mass is 35.5. The number of halogens is 1. The molecule has 7 rings (SSSR count). The minimum atomic E-state index is -3.84. The van der Waals surface area contributed by atoms with Crippen LogP contribution >= 0.6 is 22.9 Å². The number of nitriles is 1. The van der Waals surface area contributed by atoms with Gasteiger partial charge in [-0.1, -0.05) is 36.8 Å². The fraction of sp³-hybridized carbons (Fsp3) is 0.593. The Bertz CT molecular complexity index is 1730. The molecule has 3 aromatic heterocycles. The molecule has 0 spiro atoms. The van der Waals surface area contributed by atoms with Gasteiger partial charge in [0.25, 0.3) is 0 Å². The predicted octanol–water partition coefficient (Wildman–Crippen LogP) is 4.04. The van der Waals surface area contributed by atoms with Crippen molar-refractivity contribution < 1.29 is 13.2 Å². The number of hydrogen-bond acceptors (Lipinski definition) is 8. The van der Waals surface area contributed by atoms with Gasteiger partial charge in [0.2, 0.25) is 15.9 Å². The van der Waals surface area contributed by atoms with E-state index in [1.807, 2.05) is 25.7 Å². The topological polar surface area (TPSA) is 133 Å². The summed E-state index contributed by atoms with van der Waals surface area (Å²) < 4.78 is 31.9. The molecule has 3 aliphatic carbocycles. The lowest BCUT2D eigenvalue weighted by Gasteiger charge is -2.33. The fourth-order valence-corrected chi connectivity index (χ4v) is 8.94. The molecule has 1 saturated heterocycles. The first-order valence-electron chi connectivity index (χ1n) is 13.7. The lowest BCUT2D eigenvalue weighted by atomic mass is 9.86. The first-order valence-corrected chi connectivity index (χ1v) is 16.4. The summed E-state index contributed by atoms with van der Waals surface area (Å²) in [7, 11) is -3.84. The Labute approximate surface area is 241 Å². The Hall–Kier alpha value is -2.59. The van der Waals surface area contributed by atoms with Crippen LogP contribution in [0.4, 0.5) is 0 Å². The number of likely N-dealkylation sites (tertiary alicyclic amines) is 1. The van der Waals surface area contributed by atoms with Crippen LogP contribution < -0.4 is 4.72 Å². The van der Waals surface area contributed by atoms with Crippen molar-refractivity contribution in [2.45, 2.75) is 80.6 Å². The summed E-state index contributed by atoms with van der Waals surface area (Å²) in [6.45, 7) is 6.99. The van der Waals surface area contributed by atoms with Crippen molar-refractivity contribution in [2.24, 2.45) is 11.8 Å². The molecule has 40 heavy (non-hydrogen) atoms. The van der Waals surface area contributed by atoms with Gasteiger partial charge in [-0.2, -0.15) is 5.26 Å². The van der Waals surface area contributed by atoms with Crippen LogP contribution in [0.3, 0.4) is 0 Å². The normalized spacial score (nSPS) is 26.0. The van der Waals surface area contributed by atoms with E-state index in [4.69, 9.17) is 11.6 Å². The quantitative estimate of drug-likeness (QED) is 0.433. The maximum absolute atomic E-state index is 13.6.